The van der Waals surface area contributed by atoms with Gasteiger partial charge in [0.15, 0.2) is 6.61 Å². The number of hydrogen-bond acceptors (Lipinski definition) is 3. The standard InChI is InChI=1S/C25H26N2O3/c1-18-13-19(2)15-23(14-18)30-17-25(29)27-22-10-6-9-21(16-22)26-24(28)12-11-20-7-4-3-5-8-20/h3-10,13-16H,11-12,17H2,1-2H3,(H,26,28)(H,27,29). The number of nitrogens with one attached hydrogen (secondary N) is 2. The average Bonchev–Trinajstić information content (AvgIpc) is 2.71. The molecule has 3 aromatic carbocycles. The first-order chi connectivity index (χ1) is 14.5. The number of carbonyl (C=O) groups is 2. The second-order valence-corrected chi connectivity index (χ2v) is 7.27. The van der Waals surface area contributed by atoms with Crippen molar-refractivity contribution in [3.8, 4) is 5.75 Å². The molecule has 0 radical (unpaired) electrons. The quantitative estimate of drug-likeness (QED) is 0.564. The highest BCUT2D eigenvalue weighted by Gasteiger charge is 2.07. The van der Waals surface area contributed by atoms with Crippen LogP contribution >= 0.6 is 0 Å². The van der Waals surface area contributed by atoms with E-state index in [-0.39, 0.29) is 18.4 Å². The van der Waals surface area contributed by atoms with Crippen LogP contribution in [0.15, 0.2) is 72.8 Å². The van der Waals surface area contributed by atoms with Crippen molar-refractivity contribution in [1.82, 2.24) is 0 Å². The molecule has 0 fully saturated rings. The van der Waals surface area contributed by atoms with Crippen LogP contribution < -0.4 is 15.4 Å². The number of aryl methyl sites for hydroxylation is 3. The van der Waals surface area contributed by atoms with E-state index in [9.17, 15) is 9.59 Å². The SMILES string of the molecule is Cc1cc(C)cc(OCC(=O)Nc2cccc(NC(=O)CCc3ccccc3)c2)c1. The maximum absolute atomic E-state index is 12.2. The Morgan fingerprint density at radius 1 is 0.767 bits per heavy atom. The van der Waals surface area contributed by atoms with Gasteiger partial charge in [-0.05, 0) is 67.3 Å². The van der Waals surface area contributed by atoms with Crippen molar-refractivity contribution in [2.24, 2.45) is 0 Å². The molecule has 3 aromatic rings. The highest BCUT2D eigenvalue weighted by molar-refractivity contribution is 5.94. The number of hydrogen-bond donors (Lipinski definition) is 2. The minimum absolute atomic E-state index is 0.0690. The molecule has 0 aliphatic heterocycles. The summed E-state index contributed by atoms with van der Waals surface area (Å²) in [6, 6.07) is 22.8. The Morgan fingerprint density at radius 2 is 1.40 bits per heavy atom. The van der Waals surface area contributed by atoms with Gasteiger partial charge in [0.1, 0.15) is 5.75 Å². The highest BCUT2D eigenvalue weighted by Crippen LogP contribution is 2.18. The molecular formula is C25H26N2O3. The van der Waals surface area contributed by atoms with E-state index in [0.717, 1.165) is 16.7 Å². The van der Waals surface area contributed by atoms with Crippen LogP contribution in [-0.2, 0) is 16.0 Å². The van der Waals surface area contributed by atoms with E-state index < -0.39 is 0 Å². The molecule has 0 bridgehead atoms. The van der Waals surface area contributed by atoms with Gasteiger partial charge in [-0.2, -0.15) is 0 Å². The van der Waals surface area contributed by atoms with E-state index in [1.807, 2.05) is 62.4 Å². The summed E-state index contributed by atoms with van der Waals surface area (Å²) in [5.74, 6) is 0.337. The molecule has 0 heterocycles. The number of anilines is 2. The van der Waals surface area contributed by atoms with Gasteiger partial charge in [0.05, 0.1) is 0 Å². The molecule has 2 N–H and O–H groups in total. The third-order valence-corrected chi connectivity index (χ3v) is 4.48. The first-order valence-corrected chi connectivity index (χ1v) is 9.93. The second-order valence-electron chi connectivity index (χ2n) is 7.27. The fraction of sp³-hybridized carbons (Fsp3) is 0.200. The molecule has 154 valence electrons. The molecule has 0 aliphatic carbocycles. The zero-order chi connectivity index (χ0) is 21.3. The van der Waals surface area contributed by atoms with Gasteiger partial charge in [-0.15, -0.1) is 0 Å². The smallest absolute Gasteiger partial charge is 0.262 e. The first kappa shape index (κ1) is 21.1. The summed E-state index contributed by atoms with van der Waals surface area (Å²) in [7, 11) is 0. The van der Waals surface area contributed by atoms with Gasteiger partial charge < -0.3 is 15.4 Å². The summed E-state index contributed by atoms with van der Waals surface area (Å²) in [5.41, 5.74) is 4.53. The molecule has 5 nitrogen and oxygen atoms in total. The Morgan fingerprint density at radius 3 is 2.07 bits per heavy atom. The van der Waals surface area contributed by atoms with Crippen molar-refractivity contribution in [3.05, 3.63) is 89.5 Å². The third-order valence-electron chi connectivity index (χ3n) is 4.48. The molecule has 0 aliphatic rings. The van der Waals surface area contributed by atoms with Crippen molar-refractivity contribution >= 4 is 23.2 Å². The minimum Gasteiger partial charge on any atom is -0.484 e. The Balaban J connectivity index is 1.49. The predicted octanol–water partition coefficient (Wildman–Crippen LogP) is 4.89. The van der Waals surface area contributed by atoms with Crippen LogP contribution in [0, 0.1) is 13.8 Å². The molecule has 0 aromatic heterocycles. The second kappa shape index (κ2) is 10.3. The lowest BCUT2D eigenvalue weighted by Crippen LogP contribution is -2.20. The summed E-state index contributed by atoms with van der Waals surface area (Å²) in [5, 5.41) is 5.67. The number of ether oxygens (including phenoxy) is 1. The average molecular weight is 402 g/mol. The van der Waals surface area contributed by atoms with Crippen LogP contribution in [0.25, 0.3) is 0 Å². The maximum atomic E-state index is 12.2. The fourth-order valence-corrected chi connectivity index (χ4v) is 3.16. The number of benzene rings is 3. The van der Waals surface area contributed by atoms with Crippen LogP contribution in [0.1, 0.15) is 23.1 Å². The maximum Gasteiger partial charge on any atom is 0.262 e. The molecule has 2 amide bonds. The van der Waals surface area contributed by atoms with E-state index in [1.54, 1.807) is 24.3 Å². The van der Waals surface area contributed by atoms with Crippen molar-refractivity contribution in [2.45, 2.75) is 26.7 Å². The third kappa shape index (κ3) is 6.78. The summed E-state index contributed by atoms with van der Waals surface area (Å²) < 4.78 is 5.59. The van der Waals surface area contributed by atoms with Crippen molar-refractivity contribution in [2.75, 3.05) is 17.2 Å². The molecule has 0 atom stereocenters. The number of rotatable bonds is 8. The summed E-state index contributed by atoms with van der Waals surface area (Å²) >= 11 is 0. The van der Waals surface area contributed by atoms with Crippen LogP contribution in [0.3, 0.4) is 0 Å². The van der Waals surface area contributed by atoms with Gasteiger partial charge in [0.25, 0.3) is 5.91 Å². The zero-order valence-corrected chi connectivity index (χ0v) is 17.3. The molecule has 30 heavy (non-hydrogen) atoms. The van der Waals surface area contributed by atoms with Gasteiger partial charge in [-0.25, -0.2) is 0 Å². The molecule has 5 heteroatoms. The summed E-state index contributed by atoms with van der Waals surface area (Å²) in [6.45, 7) is 3.88. The summed E-state index contributed by atoms with van der Waals surface area (Å²) in [6.07, 6.45) is 1.07. The van der Waals surface area contributed by atoms with Crippen LogP contribution in [-0.4, -0.2) is 18.4 Å². The van der Waals surface area contributed by atoms with Gasteiger partial charge in [-0.1, -0.05) is 42.5 Å². The first-order valence-electron chi connectivity index (χ1n) is 9.93. The Hall–Kier alpha value is -3.60. The molecule has 3 rings (SSSR count). The highest BCUT2D eigenvalue weighted by atomic mass is 16.5. The largest absolute Gasteiger partial charge is 0.484 e. The van der Waals surface area contributed by atoms with E-state index in [0.29, 0.717) is 30.0 Å². The molecule has 0 unspecified atom stereocenters. The monoisotopic (exact) mass is 402 g/mol. The van der Waals surface area contributed by atoms with Crippen molar-refractivity contribution in [3.63, 3.8) is 0 Å². The van der Waals surface area contributed by atoms with Gasteiger partial charge in [0, 0.05) is 17.8 Å². The fourth-order valence-electron chi connectivity index (χ4n) is 3.16. The van der Waals surface area contributed by atoms with Crippen molar-refractivity contribution in [1.29, 1.82) is 0 Å². The predicted molar refractivity (Wildman–Crippen MR) is 120 cm³/mol. The van der Waals surface area contributed by atoms with Gasteiger partial charge >= 0.3 is 0 Å². The molecule has 0 saturated heterocycles. The molecular weight excluding hydrogens is 376 g/mol. The van der Waals surface area contributed by atoms with E-state index >= 15 is 0 Å². The zero-order valence-electron chi connectivity index (χ0n) is 17.3. The van der Waals surface area contributed by atoms with Crippen LogP contribution in [0.5, 0.6) is 5.75 Å². The lowest BCUT2D eigenvalue weighted by atomic mass is 10.1. The van der Waals surface area contributed by atoms with Crippen molar-refractivity contribution < 1.29 is 14.3 Å². The van der Waals surface area contributed by atoms with E-state index in [4.69, 9.17) is 4.74 Å². The molecule has 0 saturated carbocycles. The normalized spacial score (nSPS) is 10.3. The van der Waals surface area contributed by atoms with E-state index in [1.165, 1.54) is 0 Å². The van der Waals surface area contributed by atoms with Gasteiger partial charge in [-0.3, -0.25) is 9.59 Å². The lowest BCUT2D eigenvalue weighted by molar-refractivity contribution is -0.118. The van der Waals surface area contributed by atoms with Crippen LogP contribution in [0.2, 0.25) is 0 Å². The Kier molecular flexibility index (Phi) is 7.22. The van der Waals surface area contributed by atoms with Gasteiger partial charge in [0.2, 0.25) is 5.91 Å². The Bertz CT molecular complexity index is 996. The minimum atomic E-state index is -0.262. The van der Waals surface area contributed by atoms with E-state index in [2.05, 4.69) is 10.6 Å². The molecule has 0 spiro atoms. The summed E-state index contributed by atoms with van der Waals surface area (Å²) in [4.78, 5) is 24.4. The Labute approximate surface area is 177 Å². The number of amides is 2. The lowest BCUT2D eigenvalue weighted by Gasteiger charge is -2.11. The topological polar surface area (TPSA) is 67.4 Å². The number of carbonyl (C=O) groups excluding carboxylic acids is 2. The van der Waals surface area contributed by atoms with Crippen LogP contribution in [0.4, 0.5) is 11.4 Å².